The van der Waals surface area contributed by atoms with E-state index in [1.807, 2.05) is 43.9 Å². The Balaban J connectivity index is 1.26. The van der Waals surface area contributed by atoms with Crippen molar-refractivity contribution in [1.29, 1.82) is 0 Å². The molecule has 1 unspecified atom stereocenters. The topological polar surface area (TPSA) is 119 Å². The summed E-state index contributed by atoms with van der Waals surface area (Å²) < 4.78 is 36.4. The van der Waals surface area contributed by atoms with E-state index in [9.17, 15) is 13.2 Å². The van der Waals surface area contributed by atoms with Gasteiger partial charge >= 0.3 is 0 Å². The predicted molar refractivity (Wildman–Crippen MR) is 159 cm³/mol. The Morgan fingerprint density at radius 2 is 1.76 bits per heavy atom. The number of sulfonamides is 1. The van der Waals surface area contributed by atoms with E-state index in [-0.39, 0.29) is 28.7 Å². The fourth-order valence-corrected chi connectivity index (χ4v) is 6.63. The third-order valence-corrected chi connectivity index (χ3v) is 9.42. The molecule has 0 bridgehead atoms. The van der Waals surface area contributed by atoms with Crippen LogP contribution in [0.15, 0.2) is 65.8 Å². The van der Waals surface area contributed by atoms with E-state index in [4.69, 9.17) is 4.74 Å². The third kappa shape index (κ3) is 5.36. The molecule has 1 atom stereocenters. The molecule has 2 aromatic carbocycles. The minimum absolute atomic E-state index is 0.000993. The van der Waals surface area contributed by atoms with Gasteiger partial charge < -0.3 is 9.64 Å². The van der Waals surface area contributed by atoms with Gasteiger partial charge in [-0.15, -0.1) is 0 Å². The number of aromatic nitrogens is 4. The van der Waals surface area contributed by atoms with Gasteiger partial charge in [-0.2, -0.15) is 10.1 Å². The van der Waals surface area contributed by atoms with Crippen molar-refractivity contribution < 1.29 is 17.9 Å². The van der Waals surface area contributed by atoms with Gasteiger partial charge in [-0.25, -0.2) is 18.1 Å². The number of nitrogens with zero attached hydrogens (tertiary/aromatic N) is 5. The molecule has 1 aliphatic heterocycles. The van der Waals surface area contributed by atoms with Crippen LogP contribution in [0.4, 0.5) is 5.95 Å². The van der Waals surface area contributed by atoms with Crippen LogP contribution in [-0.4, -0.2) is 58.2 Å². The molecule has 2 fully saturated rings. The van der Waals surface area contributed by atoms with Gasteiger partial charge in [0.15, 0.2) is 0 Å². The highest BCUT2D eigenvalue weighted by Crippen LogP contribution is 2.50. The van der Waals surface area contributed by atoms with Crippen molar-refractivity contribution in [2.45, 2.75) is 56.4 Å². The monoisotopic (exact) mass is 586 g/mol. The Bertz CT molecular complexity index is 1740. The molecule has 0 spiro atoms. The second-order valence-corrected chi connectivity index (χ2v) is 13.0. The van der Waals surface area contributed by atoms with Crippen molar-refractivity contribution in [2.75, 3.05) is 17.8 Å². The SMILES string of the molecule is Cc1ccc(C2(C(=O)N3CCC(Oc4cc(-c5c(C)cccc5C)nc(NS(=O)(=O)c5cnn(C)c5)n4)C3)CC2)cc1. The standard InChI is InChI=1S/C31H34N6O4S/c1-20-8-10-23(11-9-20)31(13-14-31)29(38)37-15-12-24(18-37)41-27-16-26(28-21(2)6-5-7-22(28)3)33-30(34-27)35-42(39,40)25-17-32-36(4)19-25/h5-11,16-17,19,24H,12-15,18H2,1-4H3,(H,33,34,35). The molecule has 3 heterocycles. The molecule has 2 aliphatic rings. The Labute approximate surface area is 245 Å². The average Bonchev–Trinajstić information content (AvgIpc) is 3.40. The first-order valence-electron chi connectivity index (χ1n) is 14.0. The van der Waals surface area contributed by atoms with E-state index in [1.54, 1.807) is 13.1 Å². The number of benzene rings is 2. The molecule has 1 saturated heterocycles. The number of ether oxygens (including phenoxy) is 1. The summed E-state index contributed by atoms with van der Waals surface area (Å²) in [7, 11) is -2.34. The predicted octanol–water partition coefficient (Wildman–Crippen LogP) is 4.31. The highest BCUT2D eigenvalue weighted by Gasteiger charge is 2.53. The fraction of sp³-hybridized carbons (Fsp3) is 0.355. The summed E-state index contributed by atoms with van der Waals surface area (Å²) in [6, 6.07) is 15.9. The van der Waals surface area contributed by atoms with Crippen LogP contribution in [0.25, 0.3) is 11.3 Å². The van der Waals surface area contributed by atoms with E-state index in [1.165, 1.54) is 22.6 Å². The lowest BCUT2D eigenvalue weighted by Crippen LogP contribution is -2.38. The molecular weight excluding hydrogens is 552 g/mol. The van der Waals surface area contributed by atoms with Gasteiger partial charge in [0.1, 0.15) is 11.0 Å². The number of hydrogen-bond acceptors (Lipinski definition) is 7. The molecule has 0 radical (unpaired) electrons. The van der Waals surface area contributed by atoms with Crippen LogP contribution in [0.3, 0.4) is 0 Å². The molecule has 4 aromatic rings. The number of amides is 1. The summed E-state index contributed by atoms with van der Waals surface area (Å²) in [4.78, 5) is 24.5. The van der Waals surface area contributed by atoms with Crippen molar-refractivity contribution in [3.63, 3.8) is 0 Å². The van der Waals surface area contributed by atoms with Gasteiger partial charge in [0, 0.05) is 37.8 Å². The van der Waals surface area contributed by atoms with Crippen LogP contribution in [0, 0.1) is 20.8 Å². The average molecular weight is 587 g/mol. The van der Waals surface area contributed by atoms with Crippen molar-refractivity contribution >= 4 is 21.9 Å². The van der Waals surface area contributed by atoms with E-state index < -0.39 is 15.4 Å². The van der Waals surface area contributed by atoms with Crippen LogP contribution in [0.1, 0.15) is 41.5 Å². The third-order valence-electron chi connectivity index (χ3n) is 8.14. The molecule has 6 rings (SSSR count). The van der Waals surface area contributed by atoms with Gasteiger partial charge in [-0.3, -0.25) is 9.48 Å². The Morgan fingerprint density at radius 3 is 2.40 bits per heavy atom. The molecule has 42 heavy (non-hydrogen) atoms. The number of nitrogens with one attached hydrogen (secondary N) is 1. The smallest absolute Gasteiger partial charge is 0.267 e. The summed E-state index contributed by atoms with van der Waals surface area (Å²) in [6.07, 6.45) is 4.73. The quantitative estimate of drug-likeness (QED) is 0.327. The number of anilines is 1. The normalized spacial score (nSPS) is 17.7. The number of carbonyl (C=O) groups excluding carboxylic acids is 1. The van der Waals surface area contributed by atoms with Gasteiger partial charge in [0.2, 0.25) is 17.7 Å². The van der Waals surface area contributed by atoms with Crippen LogP contribution in [0.5, 0.6) is 5.88 Å². The summed E-state index contributed by atoms with van der Waals surface area (Å²) in [5.41, 5.74) is 5.20. The lowest BCUT2D eigenvalue weighted by molar-refractivity contribution is -0.133. The molecule has 1 amide bonds. The first-order valence-corrected chi connectivity index (χ1v) is 15.5. The van der Waals surface area contributed by atoms with Crippen LogP contribution in [-0.2, 0) is 27.3 Å². The first-order chi connectivity index (χ1) is 20.0. The summed E-state index contributed by atoms with van der Waals surface area (Å²) >= 11 is 0. The van der Waals surface area contributed by atoms with Crippen molar-refractivity contribution in [3.8, 4) is 17.1 Å². The second-order valence-electron chi connectivity index (χ2n) is 11.4. The molecular formula is C31H34N6O4S. The highest BCUT2D eigenvalue weighted by atomic mass is 32.2. The van der Waals surface area contributed by atoms with Gasteiger partial charge in [-0.05, 0) is 50.3 Å². The van der Waals surface area contributed by atoms with E-state index in [2.05, 4.69) is 44.1 Å². The molecule has 11 heteroatoms. The zero-order chi connectivity index (χ0) is 29.6. The number of hydrogen-bond donors (Lipinski definition) is 1. The van der Waals surface area contributed by atoms with Crippen molar-refractivity contribution in [3.05, 3.63) is 83.2 Å². The Morgan fingerprint density at radius 1 is 1.05 bits per heavy atom. The Kier molecular flexibility index (Phi) is 7.00. The summed E-state index contributed by atoms with van der Waals surface area (Å²) in [5, 5.41) is 3.96. The molecule has 2 aromatic heterocycles. The number of rotatable bonds is 8. The summed E-state index contributed by atoms with van der Waals surface area (Å²) in [6.45, 7) is 7.03. The largest absolute Gasteiger partial charge is 0.472 e. The number of likely N-dealkylation sites (tertiary alicyclic amines) is 1. The van der Waals surface area contributed by atoms with Gasteiger partial charge in [0.05, 0.1) is 23.9 Å². The minimum atomic E-state index is -3.98. The first kappa shape index (κ1) is 27.9. The molecule has 1 N–H and O–H groups in total. The van der Waals surface area contributed by atoms with E-state index in [0.29, 0.717) is 25.2 Å². The van der Waals surface area contributed by atoms with Crippen molar-refractivity contribution in [2.24, 2.45) is 7.05 Å². The number of aryl methyl sites for hydroxylation is 4. The summed E-state index contributed by atoms with van der Waals surface area (Å²) in [5.74, 6) is 0.281. The highest BCUT2D eigenvalue weighted by molar-refractivity contribution is 7.92. The van der Waals surface area contributed by atoms with Crippen LogP contribution < -0.4 is 9.46 Å². The maximum Gasteiger partial charge on any atom is 0.267 e. The fourth-order valence-electron chi connectivity index (χ4n) is 5.70. The molecule has 10 nitrogen and oxygen atoms in total. The lowest BCUT2D eigenvalue weighted by atomic mass is 9.93. The van der Waals surface area contributed by atoms with Crippen molar-refractivity contribution in [1.82, 2.24) is 24.6 Å². The zero-order valence-electron chi connectivity index (χ0n) is 24.2. The Hall–Kier alpha value is -4.25. The molecule has 218 valence electrons. The maximum atomic E-state index is 13.6. The minimum Gasteiger partial charge on any atom is -0.472 e. The second kappa shape index (κ2) is 10.5. The maximum absolute atomic E-state index is 13.6. The van der Waals surface area contributed by atoms with Gasteiger partial charge in [-0.1, -0.05) is 48.0 Å². The van der Waals surface area contributed by atoms with Gasteiger partial charge in [0.25, 0.3) is 10.0 Å². The van der Waals surface area contributed by atoms with E-state index in [0.717, 1.165) is 35.1 Å². The zero-order valence-corrected chi connectivity index (χ0v) is 25.0. The number of carbonyl (C=O) groups is 1. The lowest BCUT2D eigenvalue weighted by Gasteiger charge is -2.24. The molecule has 1 saturated carbocycles. The van der Waals surface area contributed by atoms with E-state index >= 15 is 0 Å². The van der Waals surface area contributed by atoms with Crippen LogP contribution >= 0.6 is 0 Å². The molecule has 1 aliphatic carbocycles. The van der Waals surface area contributed by atoms with Crippen LogP contribution in [0.2, 0.25) is 0 Å².